The summed E-state index contributed by atoms with van der Waals surface area (Å²) in [4.78, 5) is 18.3. The second-order valence-electron chi connectivity index (χ2n) is 8.25. The summed E-state index contributed by atoms with van der Waals surface area (Å²) >= 11 is 0. The minimum atomic E-state index is -0.255. The molecule has 7 nitrogen and oxygen atoms in total. The quantitative estimate of drug-likeness (QED) is 0.468. The van der Waals surface area contributed by atoms with Gasteiger partial charge in [0, 0.05) is 68.1 Å². The average Bonchev–Trinajstić information content (AvgIpc) is 3.14. The summed E-state index contributed by atoms with van der Waals surface area (Å²) in [6, 6.07) is 12.3. The van der Waals surface area contributed by atoms with Crippen molar-refractivity contribution in [2.75, 3.05) is 31.1 Å². The van der Waals surface area contributed by atoms with E-state index in [1.165, 1.54) is 17.7 Å². The maximum absolute atomic E-state index is 13.4. The zero-order valence-corrected chi connectivity index (χ0v) is 18.8. The number of nitrogens with zero attached hydrogens (tertiary/aromatic N) is 7. The van der Waals surface area contributed by atoms with Gasteiger partial charge in [0.15, 0.2) is 11.6 Å². The van der Waals surface area contributed by atoms with E-state index in [0.717, 1.165) is 67.0 Å². The van der Waals surface area contributed by atoms with E-state index in [-0.39, 0.29) is 5.82 Å². The van der Waals surface area contributed by atoms with E-state index in [4.69, 9.17) is 5.10 Å². The SMILES string of the molecule is Cc1nn(-c2ccccn2)c(C)c1CN1CCN(c2nccnc2-c2ccc(F)cc2)CC1. The molecule has 4 heterocycles. The Morgan fingerprint density at radius 2 is 1.61 bits per heavy atom. The third kappa shape index (κ3) is 4.34. The number of pyridine rings is 1. The molecule has 0 bridgehead atoms. The Kier molecular flexibility index (Phi) is 5.83. The first kappa shape index (κ1) is 21.2. The normalized spacial score (nSPS) is 14.6. The summed E-state index contributed by atoms with van der Waals surface area (Å²) in [5.74, 6) is 1.43. The minimum Gasteiger partial charge on any atom is -0.352 e. The molecule has 0 spiro atoms. The largest absolute Gasteiger partial charge is 0.352 e. The molecule has 0 radical (unpaired) electrons. The number of aryl methyl sites for hydroxylation is 1. The van der Waals surface area contributed by atoms with Crippen LogP contribution in [-0.2, 0) is 6.54 Å². The van der Waals surface area contributed by atoms with Gasteiger partial charge in [-0.15, -0.1) is 0 Å². The molecule has 0 atom stereocenters. The van der Waals surface area contributed by atoms with Crippen molar-refractivity contribution in [3.63, 3.8) is 0 Å². The third-order valence-corrected chi connectivity index (χ3v) is 6.16. The van der Waals surface area contributed by atoms with Gasteiger partial charge in [0.25, 0.3) is 0 Å². The highest BCUT2D eigenvalue weighted by Crippen LogP contribution is 2.28. The van der Waals surface area contributed by atoms with Crippen molar-refractivity contribution < 1.29 is 4.39 Å². The molecule has 0 amide bonds. The van der Waals surface area contributed by atoms with Gasteiger partial charge in [0.1, 0.15) is 11.5 Å². The number of halogens is 1. The molecule has 1 aliphatic heterocycles. The van der Waals surface area contributed by atoms with Crippen LogP contribution >= 0.6 is 0 Å². The van der Waals surface area contributed by atoms with Gasteiger partial charge in [-0.25, -0.2) is 19.0 Å². The van der Waals surface area contributed by atoms with Crippen molar-refractivity contribution >= 4 is 5.82 Å². The van der Waals surface area contributed by atoms with Gasteiger partial charge in [0.05, 0.1) is 5.69 Å². The average molecular weight is 444 g/mol. The monoisotopic (exact) mass is 443 g/mol. The summed E-state index contributed by atoms with van der Waals surface area (Å²) in [7, 11) is 0. The summed E-state index contributed by atoms with van der Waals surface area (Å²) in [5, 5.41) is 4.73. The maximum atomic E-state index is 13.4. The molecule has 1 aromatic carbocycles. The predicted octanol–water partition coefficient (Wildman–Crippen LogP) is 3.80. The van der Waals surface area contributed by atoms with Crippen LogP contribution in [0, 0.1) is 19.7 Å². The Hall–Kier alpha value is -3.65. The number of aromatic nitrogens is 5. The molecule has 33 heavy (non-hydrogen) atoms. The topological polar surface area (TPSA) is 63.0 Å². The van der Waals surface area contributed by atoms with Crippen LogP contribution in [0.15, 0.2) is 61.1 Å². The standard InChI is InChI=1S/C25H26FN7/c1-18-22(19(2)33(30-18)23-5-3-4-10-27-23)17-31-13-15-32(16-14-31)25-24(28-11-12-29-25)20-6-8-21(26)9-7-20/h3-12H,13-17H2,1-2H3. The summed E-state index contributed by atoms with van der Waals surface area (Å²) in [6.07, 6.45) is 5.19. The summed E-state index contributed by atoms with van der Waals surface area (Å²) < 4.78 is 15.3. The first-order valence-electron chi connectivity index (χ1n) is 11.1. The molecule has 4 aromatic rings. The van der Waals surface area contributed by atoms with Crippen LogP contribution in [0.5, 0.6) is 0 Å². The molecule has 168 valence electrons. The van der Waals surface area contributed by atoms with Crippen molar-refractivity contribution in [3.8, 4) is 17.1 Å². The van der Waals surface area contributed by atoms with Crippen LogP contribution in [-0.4, -0.2) is 55.8 Å². The lowest BCUT2D eigenvalue weighted by Gasteiger charge is -2.36. The highest BCUT2D eigenvalue weighted by Gasteiger charge is 2.23. The summed E-state index contributed by atoms with van der Waals surface area (Å²) in [5.41, 5.74) is 5.07. The molecular weight excluding hydrogens is 417 g/mol. The number of hydrogen-bond donors (Lipinski definition) is 0. The molecule has 8 heteroatoms. The lowest BCUT2D eigenvalue weighted by Crippen LogP contribution is -2.46. The van der Waals surface area contributed by atoms with Crippen LogP contribution in [0.2, 0.25) is 0 Å². The highest BCUT2D eigenvalue weighted by molar-refractivity contribution is 5.72. The molecule has 0 saturated carbocycles. The number of anilines is 1. The summed E-state index contributed by atoms with van der Waals surface area (Å²) in [6.45, 7) is 8.53. The van der Waals surface area contributed by atoms with E-state index < -0.39 is 0 Å². The lowest BCUT2D eigenvalue weighted by molar-refractivity contribution is 0.248. The van der Waals surface area contributed by atoms with Crippen molar-refractivity contribution in [3.05, 3.63) is 83.8 Å². The second-order valence-corrected chi connectivity index (χ2v) is 8.25. The van der Waals surface area contributed by atoms with Gasteiger partial charge in [-0.3, -0.25) is 9.88 Å². The Balaban J connectivity index is 1.30. The van der Waals surface area contributed by atoms with E-state index >= 15 is 0 Å². The van der Waals surface area contributed by atoms with Crippen LogP contribution in [0.4, 0.5) is 10.2 Å². The van der Waals surface area contributed by atoms with Gasteiger partial charge >= 0.3 is 0 Å². The van der Waals surface area contributed by atoms with Crippen molar-refractivity contribution in [1.82, 2.24) is 29.6 Å². The fourth-order valence-corrected chi connectivity index (χ4v) is 4.32. The third-order valence-electron chi connectivity index (χ3n) is 6.16. The van der Waals surface area contributed by atoms with Crippen molar-refractivity contribution in [2.24, 2.45) is 0 Å². The second kappa shape index (κ2) is 9.07. The molecule has 1 saturated heterocycles. The number of piperazine rings is 1. The first-order valence-corrected chi connectivity index (χ1v) is 11.1. The number of hydrogen-bond acceptors (Lipinski definition) is 6. The zero-order chi connectivity index (χ0) is 22.8. The van der Waals surface area contributed by atoms with E-state index in [9.17, 15) is 4.39 Å². The maximum Gasteiger partial charge on any atom is 0.155 e. The van der Waals surface area contributed by atoms with Gasteiger partial charge in [0.2, 0.25) is 0 Å². The zero-order valence-electron chi connectivity index (χ0n) is 18.8. The fraction of sp³-hybridized carbons (Fsp3) is 0.280. The molecule has 1 fully saturated rings. The molecule has 5 rings (SSSR count). The van der Waals surface area contributed by atoms with Gasteiger partial charge in [-0.05, 0) is 50.2 Å². The van der Waals surface area contributed by atoms with Gasteiger partial charge < -0.3 is 4.90 Å². The number of rotatable bonds is 5. The van der Waals surface area contributed by atoms with Crippen LogP contribution in [0.1, 0.15) is 17.0 Å². The molecule has 3 aromatic heterocycles. The fourth-order valence-electron chi connectivity index (χ4n) is 4.32. The van der Waals surface area contributed by atoms with Crippen molar-refractivity contribution in [2.45, 2.75) is 20.4 Å². The predicted molar refractivity (Wildman–Crippen MR) is 126 cm³/mol. The van der Waals surface area contributed by atoms with Gasteiger partial charge in [-0.1, -0.05) is 6.07 Å². The van der Waals surface area contributed by atoms with Crippen LogP contribution < -0.4 is 4.90 Å². The Morgan fingerprint density at radius 3 is 2.33 bits per heavy atom. The minimum absolute atomic E-state index is 0.255. The molecule has 0 unspecified atom stereocenters. The van der Waals surface area contributed by atoms with Crippen LogP contribution in [0.25, 0.3) is 17.1 Å². The number of benzene rings is 1. The van der Waals surface area contributed by atoms with Gasteiger partial charge in [-0.2, -0.15) is 5.10 Å². The molecular formula is C25H26FN7. The first-order chi connectivity index (χ1) is 16.1. The van der Waals surface area contributed by atoms with E-state index in [1.54, 1.807) is 30.7 Å². The molecule has 1 aliphatic rings. The molecule has 0 N–H and O–H groups in total. The van der Waals surface area contributed by atoms with E-state index in [2.05, 4.69) is 38.6 Å². The van der Waals surface area contributed by atoms with E-state index in [0.29, 0.717) is 0 Å². The van der Waals surface area contributed by atoms with Crippen molar-refractivity contribution in [1.29, 1.82) is 0 Å². The molecule has 0 aliphatic carbocycles. The van der Waals surface area contributed by atoms with E-state index in [1.807, 2.05) is 22.9 Å². The highest BCUT2D eigenvalue weighted by atomic mass is 19.1. The lowest BCUT2D eigenvalue weighted by atomic mass is 10.1. The Morgan fingerprint density at radius 1 is 0.848 bits per heavy atom. The smallest absolute Gasteiger partial charge is 0.155 e. The Bertz CT molecular complexity index is 1230. The van der Waals surface area contributed by atoms with Crippen LogP contribution in [0.3, 0.4) is 0 Å². The Labute approximate surface area is 192 Å².